The van der Waals surface area contributed by atoms with Crippen LogP contribution in [-0.2, 0) is 4.74 Å². The number of aromatic nitrogens is 1. The molecule has 5 nitrogen and oxygen atoms in total. The van der Waals surface area contributed by atoms with Gasteiger partial charge in [-0.25, -0.2) is 9.78 Å². The van der Waals surface area contributed by atoms with Crippen LogP contribution in [0.1, 0.15) is 85.3 Å². The molecule has 0 bridgehead atoms. The summed E-state index contributed by atoms with van der Waals surface area (Å²) in [6.07, 6.45) is 7.01. The van der Waals surface area contributed by atoms with Gasteiger partial charge in [-0.15, -0.1) is 0 Å². The number of pyridine rings is 1. The maximum Gasteiger partial charge on any atom is 0.416 e. The molecule has 0 spiro atoms. The third-order valence-electron chi connectivity index (χ3n) is 4.99. The lowest BCUT2D eigenvalue weighted by atomic mass is 9.94. The molecular formula is C23H39N3O2. The summed E-state index contributed by atoms with van der Waals surface area (Å²) in [6, 6.07) is 4.45. The van der Waals surface area contributed by atoms with Crippen molar-refractivity contribution in [3.63, 3.8) is 0 Å². The fourth-order valence-electron chi connectivity index (χ4n) is 3.84. The molecule has 1 saturated heterocycles. The van der Waals surface area contributed by atoms with Crippen molar-refractivity contribution in [2.24, 2.45) is 5.92 Å². The van der Waals surface area contributed by atoms with Crippen LogP contribution in [0.4, 0.5) is 10.6 Å². The third kappa shape index (κ3) is 6.47. The van der Waals surface area contributed by atoms with Crippen LogP contribution in [0.2, 0.25) is 0 Å². The summed E-state index contributed by atoms with van der Waals surface area (Å²) in [7, 11) is 0. The lowest BCUT2D eigenvalue weighted by molar-refractivity contribution is 0.0577. The van der Waals surface area contributed by atoms with Gasteiger partial charge in [0.15, 0.2) is 0 Å². The van der Waals surface area contributed by atoms with Gasteiger partial charge in [-0.05, 0) is 58.6 Å². The second-order valence-electron chi connectivity index (χ2n) is 9.30. The molecule has 0 radical (unpaired) electrons. The Labute approximate surface area is 171 Å². The summed E-state index contributed by atoms with van der Waals surface area (Å²) < 4.78 is 5.72. The Hall–Kier alpha value is -1.62. The molecule has 1 aromatic heterocycles. The predicted octanol–water partition coefficient (Wildman–Crippen LogP) is 5.81. The fourth-order valence-corrected chi connectivity index (χ4v) is 3.84. The number of carbonyl (C=O) groups excluding carboxylic acids is 1. The number of anilines is 1. The smallest absolute Gasteiger partial charge is 0.416 e. The molecule has 28 heavy (non-hydrogen) atoms. The standard InChI is InChI=1S/C23H39N3O2/c1-7-8-16-26(22(27)28-23(4,5)6)21-19(12-11-14-24-21)20-13-9-10-15-25(20)17-18(2)3/h11-12,14,18,20H,7-10,13,15-17H2,1-6H3/t20-/m0/s1. The SMILES string of the molecule is CCCCN(C(=O)OC(C)(C)C)c1ncccc1[C@@H]1CCCCN1CC(C)C. The Morgan fingerprint density at radius 2 is 2.11 bits per heavy atom. The molecular weight excluding hydrogens is 350 g/mol. The molecule has 2 heterocycles. The molecule has 158 valence electrons. The Bertz CT molecular complexity index is 625. The monoisotopic (exact) mass is 389 g/mol. The molecule has 0 unspecified atom stereocenters. The van der Waals surface area contributed by atoms with Gasteiger partial charge in [0.05, 0.1) is 0 Å². The Morgan fingerprint density at radius 3 is 2.75 bits per heavy atom. The summed E-state index contributed by atoms with van der Waals surface area (Å²) in [5.41, 5.74) is 0.634. The van der Waals surface area contributed by atoms with Gasteiger partial charge in [-0.3, -0.25) is 9.80 Å². The zero-order valence-corrected chi connectivity index (χ0v) is 18.7. The largest absolute Gasteiger partial charge is 0.443 e. The molecule has 0 saturated carbocycles. The Morgan fingerprint density at radius 1 is 1.36 bits per heavy atom. The van der Waals surface area contributed by atoms with E-state index in [1.54, 1.807) is 11.1 Å². The second kappa shape index (κ2) is 10.2. The lowest BCUT2D eigenvalue weighted by Gasteiger charge is -2.38. The van der Waals surface area contributed by atoms with Crippen molar-refractivity contribution in [2.45, 2.75) is 85.3 Å². The van der Waals surface area contributed by atoms with E-state index in [0.717, 1.165) is 43.7 Å². The highest BCUT2D eigenvalue weighted by atomic mass is 16.6. The van der Waals surface area contributed by atoms with E-state index in [1.807, 2.05) is 26.8 Å². The predicted molar refractivity (Wildman–Crippen MR) is 116 cm³/mol. The van der Waals surface area contributed by atoms with Crippen molar-refractivity contribution in [1.29, 1.82) is 0 Å². The van der Waals surface area contributed by atoms with Gasteiger partial charge in [0.2, 0.25) is 0 Å². The average molecular weight is 390 g/mol. The number of ether oxygens (including phenoxy) is 1. The summed E-state index contributed by atoms with van der Waals surface area (Å²) in [5.74, 6) is 1.38. The van der Waals surface area contributed by atoms with Crippen LogP contribution in [0, 0.1) is 5.92 Å². The minimum Gasteiger partial charge on any atom is -0.443 e. The molecule has 5 heteroatoms. The van der Waals surface area contributed by atoms with Gasteiger partial charge in [-0.1, -0.05) is 39.7 Å². The molecule has 1 atom stereocenters. The molecule has 0 aliphatic carbocycles. The van der Waals surface area contributed by atoms with Crippen LogP contribution in [0.15, 0.2) is 18.3 Å². The number of hydrogen-bond acceptors (Lipinski definition) is 4. The van der Waals surface area contributed by atoms with E-state index in [0.29, 0.717) is 18.5 Å². The third-order valence-corrected chi connectivity index (χ3v) is 4.99. The summed E-state index contributed by atoms with van der Waals surface area (Å²) in [4.78, 5) is 22.0. The molecule has 1 aliphatic rings. The van der Waals surface area contributed by atoms with Crippen molar-refractivity contribution in [3.8, 4) is 0 Å². The topological polar surface area (TPSA) is 45.7 Å². The van der Waals surface area contributed by atoms with Gasteiger partial charge in [0.1, 0.15) is 11.4 Å². The van der Waals surface area contributed by atoms with Crippen molar-refractivity contribution in [1.82, 2.24) is 9.88 Å². The zero-order valence-electron chi connectivity index (χ0n) is 18.7. The van der Waals surface area contributed by atoms with Crippen molar-refractivity contribution < 1.29 is 9.53 Å². The number of likely N-dealkylation sites (tertiary alicyclic amines) is 1. The Balaban J connectivity index is 2.37. The summed E-state index contributed by atoms with van der Waals surface area (Å²) in [6.45, 7) is 15.2. The maximum atomic E-state index is 13.0. The van der Waals surface area contributed by atoms with E-state index in [4.69, 9.17) is 4.74 Å². The van der Waals surface area contributed by atoms with Gasteiger partial charge < -0.3 is 4.74 Å². The first-order valence-corrected chi connectivity index (χ1v) is 10.9. The first kappa shape index (κ1) is 22.7. The first-order valence-electron chi connectivity index (χ1n) is 10.9. The van der Waals surface area contributed by atoms with Crippen LogP contribution < -0.4 is 4.90 Å². The first-order chi connectivity index (χ1) is 13.2. The molecule has 1 amide bonds. The van der Waals surface area contributed by atoms with E-state index >= 15 is 0 Å². The van der Waals surface area contributed by atoms with Crippen LogP contribution in [0.3, 0.4) is 0 Å². The number of amides is 1. The number of carbonyl (C=O) groups is 1. The number of hydrogen-bond donors (Lipinski definition) is 0. The van der Waals surface area contributed by atoms with Crippen LogP contribution in [0.25, 0.3) is 0 Å². The molecule has 2 rings (SSSR count). The van der Waals surface area contributed by atoms with Crippen molar-refractivity contribution in [2.75, 3.05) is 24.5 Å². The van der Waals surface area contributed by atoms with Gasteiger partial charge >= 0.3 is 6.09 Å². The minimum atomic E-state index is -0.523. The van der Waals surface area contributed by atoms with Gasteiger partial charge in [-0.2, -0.15) is 0 Å². The van der Waals surface area contributed by atoms with Crippen LogP contribution in [0.5, 0.6) is 0 Å². The highest BCUT2D eigenvalue weighted by Crippen LogP contribution is 2.36. The highest BCUT2D eigenvalue weighted by molar-refractivity contribution is 5.87. The van der Waals surface area contributed by atoms with Crippen molar-refractivity contribution >= 4 is 11.9 Å². The average Bonchev–Trinajstić information content (AvgIpc) is 2.61. The molecule has 1 aliphatic heterocycles. The number of piperidine rings is 1. The minimum absolute atomic E-state index is 0.299. The van der Waals surface area contributed by atoms with Crippen LogP contribution in [-0.4, -0.2) is 41.2 Å². The normalized spacial score (nSPS) is 18.3. The molecule has 0 N–H and O–H groups in total. The summed E-state index contributed by atoms with van der Waals surface area (Å²) in [5, 5.41) is 0. The molecule has 1 aromatic rings. The van der Waals surface area contributed by atoms with E-state index in [9.17, 15) is 4.79 Å². The Kier molecular flexibility index (Phi) is 8.29. The van der Waals surface area contributed by atoms with E-state index in [2.05, 4.69) is 36.7 Å². The lowest BCUT2D eigenvalue weighted by Crippen LogP contribution is -2.40. The summed E-state index contributed by atoms with van der Waals surface area (Å²) >= 11 is 0. The quantitative estimate of drug-likeness (QED) is 0.591. The number of unbranched alkanes of at least 4 members (excludes halogenated alkanes) is 1. The highest BCUT2D eigenvalue weighted by Gasteiger charge is 2.31. The van der Waals surface area contributed by atoms with E-state index < -0.39 is 5.60 Å². The van der Waals surface area contributed by atoms with E-state index in [-0.39, 0.29) is 6.09 Å². The second-order valence-corrected chi connectivity index (χ2v) is 9.30. The van der Waals surface area contributed by atoms with Gasteiger partial charge in [0.25, 0.3) is 0 Å². The zero-order chi connectivity index (χ0) is 20.7. The molecule has 1 fully saturated rings. The van der Waals surface area contributed by atoms with E-state index in [1.165, 1.54) is 12.8 Å². The fraction of sp³-hybridized carbons (Fsp3) is 0.739. The van der Waals surface area contributed by atoms with Crippen molar-refractivity contribution in [3.05, 3.63) is 23.9 Å². The maximum absolute atomic E-state index is 13.0. The van der Waals surface area contributed by atoms with Gasteiger partial charge in [0, 0.05) is 30.9 Å². The number of nitrogens with zero attached hydrogens (tertiary/aromatic N) is 3. The number of rotatable bonds is 7. The van der Waals surface area contributed by atoms with Crippen LogP contribution >= 0.6 is 0 Å². The molecule has 0 aromatic carbocycles.